The largest absolute Gasteiger partial charge is 0.316 e. The normalized spacial score (nSPS) is 16.8. The molecule has 0 atom stereocenters. The van der Waals surface area contributed by atoms with Gasteiger partial charge in [0.25, 0.3) is 0 Å². The quantitative estimate of drug-likeness (QED) is 0.823. The highest BCUT2D eigenvalue weighted by atomic mass is 16.1. The first kappa shape index (κ1) is 14.3. The Kier molecular flexibility index (Phi) is 5.15. The Labute approximate surface area is 116 Å². The second-order valence-electron chi connectivity index (χ2n) is 5.87. The molecule has 1 aromatic carbocycles. The summed E-state index contributed by atoms with van der Waals surface area (Å²) in [5.74, 6) is 1.16. The Morgan fingerprint density at radius 3 is 2.63 bits per heavy atom. The van der Waals surface area contributed by atoms with Gasteiger partial charge in [-0.1, -0.05) is 23.8 Å². The highest BCUT2D eigenvalue weighted by Gasteiger charge is 2.17. The Morgan fingerprint density at radius 1 is 1.21 bits per heavy atom. The molecule has 0 aliphatic heterocycles. The van der Waals surface area contributed by atoms with Crippen molar-refractivity contribution >= 4 is 5.78 Å². The zero-order valence-corrected chi connectivity index (χ0v) is 12.2. The average molecular weight is 259 g/mol. The molecule has 0 aromatic heterocycles. The summed E-state index contributed by atoms with van der Waals surface area (Å²) < 4.78 is 0. The van der Waals surface area contributed by atoms with E-state index in [1.165, 1.54) is 16.7 Å². The maximum atomic E-state index is 11.2. The minimum atomic E-state index is 0.450. The van der Waals surface area contributed by atoms with Gasteiger partial charge in [-0.15, -0.1) is 0 Å². The van der Waals surface area contributed by atoms with Crippen LogP contribution in [-0.4, -0.2) is 18.9 Å². The molecule has 2 rings (SSSR count). The highest BCUT2D eigenvalue weighted by molar-refractivity contribution is 5.79. The molecule has 1 fully saturated rings. The lowest BCUT2D eigenvalue weighted by molar-refractivity contribution is -0.120. The van der Waals surface area contributed by atoms with Crippen LogP contribution >= 0.6 is 0 Å². The predicted octanol–water partition coefficient (Wildman–Crippen LogP) is 3.19. The van der Waals surface area contributed by atoms with E-state index in [-0.39, 0.29) is 0 Å². The van der Waals surface area contributed by atoms with E-state index in [4.69, 9.17) is 0 Å². The summed E-state index contributed by atoms with van der Waals surface area (Å²) in [6.07, 6.45) is 4.84. The molecule has 0 unspecified atom stereocenters. The Balaban J connectivity index is 1.68. The van der Waals surface area contributed by atoms with E-state index in [1.807, 2.05) is 0 Å². The number of hydrogen-bond donors (Lipinski definition) is 1. The molecule has 1 aromatic rings. The monoisotopic (exact) mass is 259 g/mol. The molecule has 0 bridgehead atoms. The van der Waals surface area contributed by atoms with E-state index in [0.29, 0.717) is 11.7 Å². The summed E-state index contributed by atoms with van der Waals surface area (Å²) in [6.45, 7) is 6.43. The molecule has 1 N–H and O–H groups in total. The zero-order chi connectivity index (χ0) is 13.7. The number of aryl methyl sites for hydroxylation is 2. The maximum absolute atomic E-state index is 11.2. The van der Waals surface area contributed by atoms with Gasteiger partial charge >= 0.3 is 0 Å². The smallest absolute Gasteiger partial charge is 0.132 e. The van der Waals surface area contributed by atoms with Gasteiger partial charge in [0.1, 0.15) is 5.78 Å². The first-order valence-electron chi connectivity index (χ1n) is 7.43. The molecule has 0 amide bonds. The average Bonchev–Trinajstić information content (AvgIpc) is 2.39. The van der Waals surface area contributed by atoms with Crippen LogP contribution in [0.2, 0.25) is 0 Å². The van der Waals surface area contributed by atoms with Crippen molar-refractivity contribution in [1.29, 1.82) is 0 Å². The molecular formula is C17H25NO. The molecule has 2 nitrogen and oxygen atoms in total. The number of benzene rings is 1. The predicted molar refractivity (Wildman–Crippen MR) is 79.5 cm³/mol. The van der Waals surface area contributed by atoms with Crippen LogP contribution in [0.4, 0.5) is 0 Å². The van der Waals surface area contributed by atoms with E-state index in [1.54, 1.807) is 0 Å². The molecule has 1 saturated carbocycles. The summed E-state index contributed by atoms with van der Waals surface area (Å²) in [7, 11) is 0. The van der Waals surface area contributed by atoms with E-state index in [0.717, 1.165) is 45.2 Å². The molecule has 104 valence electrons. The number of hydrogen-bond acceptors (Lipinski definition) is 2. The van der Waals surface area contributed by atoms with Gasteiger partial charge in [-0.2, -0.15) is 0 Å². The van der Waals surface area contributed by atoms with E-state index in [2.05, 4.69) is 37.4 Å². The third-order valence-electron chi connectivity index (χ3n) is 4.17. The van der Waals surface area contributed by atoms with Crippen LogP contribution in [0.15, 0.2) is 18.2 Å². The highest BCUT2D eigenvalue weighted by Crippen LogP contribution is 2.20. The van der Waals surface area contributed by atoms with Crippen LogP contribution in [0.3, 0.4) is 0 Å². The van der Waals surface area contributed by atoms with Gasteiger partial charge in [0.05, 0.1) is 0 Å². The second kappa shape index (κ2) is 6.85. The Hall–Kier alpha value is -1.15. The molecular weight excluding hydrogens is 234 g/mol. The number of carbonyl (C=O) groups excluding carboxylic acids is 1. The van der Waals surface area contributed by atoms with Gasteiger partial charge in [-0.25, -0.2) is 0 Å². The summed E-state index contributed by atoms with van der Waals surface area (Å²) in [5.41, 5.74) is 4.17. The molecule has 19 heavy (non-hydrogen) atoms. The minimum absolute atomic E-state index is 0.450. The standard InChI is InChI=1S/C17H25NO/c1-13-3-6-16(14(2)11-13)9-10-18-12-15-4-7-17(19)8-5-15/h3,6,11,15,18H,4-5,7-10,12H2,1-2H3. The molecule has 0 saturated heterocycles. The molecule has 0 radical (unpaired) electrons. The number of Topliss-reactive ketones (excluding diaryl/α,β-unsaturated/α-hetero) is 1. The third-order valence-corrected chi connectivity index (χ3v) is 4.17. The van der Waals surface area contributed by atoms with Crippen molar-refractivity contribution in [3.63, 3.8) is 0 Å². The second-order valence-corrected chi connectivity index (χ2v) is 5.87. The number of rotatable bonds is 5. The summed E-state index contributed by atoms with van der Waals surface area (Å²) >= 11 is 0. The van der Waals surface area contributed by atoms with E-state index >= 15 is 0 Å². The van der Waals surface area contributed by atoms with Crippen LogP contribution < -0.4 is 5.32 Å². The number of nitrogens with one attached hydrogen (secondary N) is 1. The molecule has 2 heteroatoms. The van der Waals surface area contributed by atoms with Crippen LogP contribution in [-0.2, 0) is 11.2 Å². The Bertz CT molecular complexity index is 429. The van der Waals surface area contributed by atoms with Crippen molar-refractivity contribution < 1.29 is 4.79 Å². The van der Waals surface area contributed by atoms with E-state index < -0.39 is 0 Å². The van der Waals surface area contributed by atoms with Crippen molar-refractivity contribution in [2.45, 2.75) is 46.0 Å². The fraction of sp³-hybridized carbons (Fsp3) is 0.588. The van der Waals surface area contributed by atoms with Gasteiger partial charge in [0.2, 0.25) is 0 Å². The topological polar surface area (TPSA) is 29.1 Å². The zero-order valence-electron chi connectivity index (χ0n) is 12.2. The van der Waals surface area contributed by atoms with Crippen molar-refractivity contribution in [3.05, 3.63) is 34.9 Å². The summed E-state index contributed by atoms with van der Waals surface area (Å²) in [4.78, 5) is 11.2. The molecule has 1 aliphatic carbocycles. The van der Waals surface area contributed by atoms with Gasteiger partial charge in [-0.3, -0.25) is 4.79 Å². The van der Waals surface area contributed by atoms with Gasteiger partial charge < -0.3 is 5.32 Å². The summed E-state index contributed by atoms with van der Waals surface area (Å²) in [6, 6.07) is 6.68. The SMILES string of the molecule is Cc1ccc(CCNCC2CCC(=O)CC2)c(C)c1. The van der Waals surface area contributed by atoms with Gasteiger partial charge in [0, 0.05) is 12.8 Å². The minimum Gasteiger partial charge on any atom is -0.316 e. The maximum Gasteiger partial charge on any atom is 0.132 e. The first-order chi connectivity index (χ1) is 9.15. The lowest BCUT2D eigenvalue weighted by Crippen LogP contribution is -2.28. The van der Waals surface area contributed by atoms with Crippen molar-refractivity contribution in [3.8, 4) is 0 Å². The van der Waals surface area contributed by atoms with Crippen molar-refractivity contribution in [2.75, 3.05) is 13.1 Å². The lowest BCUT2D eigenvalue weighted by Gasteiger charge is -2.21. The number of carbonyl (C=O) groups is 1. The fourth-order valence-electron chi connectivity index (χ4n) is 2.86. The molecule has 1 aliphatic rings. The van der Waals surface area contributed by atoms with Crippen LogP contribution in [0.1, 0.15) is 42.4 Å². The molecule has 0 heterocycles. The summed E-state index contributed by atoms with van der Waals surface area (Å²) in [5, 5.41) is 3.55. The lowest BCUT2D eigenvalue weighted by atomic mass is 9.88. The van der Waals surface area contributed by atoms with Crippen LogP contribution in [0, 0.1) is 19.8 Å². The Morgan fingerprint density at radius 2 is 1.95 bits per heavy atom. The first-order valence-corrected chi connectivity index (χ1v) is 7.43. The third kappa shape index (κ3) is 4.46. The van der Waals surface area contributed by atoms with E-state index in [9.17, 15) is 4.79 Å². The van der Waals surface area contributed by atoms with Gasteiger partial charge in [0.15, 0.2) is 0 Å². The van der Waals surface area contributed by atoms with Crippen LogP contribution in [0.25, 0.3) is 0 Å². The molecule has 0 spiro atoms. The van der Waals surface area contributed by atoms with Crippen molar-refractivity contribution in [2.24, 2.45) is 5.92 Å². The fourth-order valence-corrected chi connectivity index (χ4v) is 2.86. The van der Waals surface area contributed by atoms with Gasteiger partial charge in [-0.05, 0) is 63.2 Å². The van der Waals surface area contributed by atoms with Crippen molar-refractivity contribution in [1.82, 2.24) is 5.32 Å². The number of ketones is 1. The van der Waals surface area contributed by atoms with Crippen LogP contribution in [0.5, 0.6) is 0 Å².